The Morgan fingerprint density at radius 1 is 1.02 bits per heavy atom. The molecule has 326 valence electrons. The normalized spacial score (nSPS) is 33.0. The number of ether oxygens (including phenoxy) is 4. The Kier molecular flexibility index (Phi) is 12.9. The number of carbonyl (C=O) groups excluding carboxylic acids is 3. The number of esters is 1. The van der Waals surface area contributed by atoms with E-state index in [0.29, 0.717) is 24.4 Å². The summed E-state index contributed by atoms with van der Waals surface area (Å²) in [6, 6.07) is 1.22. The summed E-state index contributed by atoms with van der Waals surface area (Å²) >= 11 is 0. The third kappa shape index (κ3) is 8.41. The number of fused-ring (bicyclic) bond motifs is 1. The van der Waals surface area contributed by atoms with Gasteiger partial charge in [-0.3, -0.25) is 19.4 Å². The van der Waals surface area contributed by atoms with Gasteiger partial charge >= 0.3 is 11.8 Å². The van der Waals surface area contributed by atoms with Crippen molar-refractivity contribution in [1.82, 2.24) is 4.90 Å². The summed E-state index contributed by atoms with van der Waals surface area (Å²) < 4.78 is 23.8. The van der Waals surface area contributed by atoms with Crippen LogP contribution in [-0.4, -0.2) is 106 Å². The number of rotatable bonds is 4. The highest BCUT2D eigenvalue weighted by atomic mass is 16.7. The fourth-order valence-electron chi connectivity index (χ4n) is 9.03. The maximum Gasteiger partial charge on any atom is 0.312 e. The monoisotopic (exact) mass is 832 g/mol. The molecular formula is C45H60N4O11. The molecule has 9 atom stereocenters. The minimum Gasteiger partial charge on any atom is -0.507 e. The number of benzene rings is 2. The lowest BCUT2D eigenvalue weighted by atomic mass is 9.78. The first-order chi connectivity index (χ1) is 28.2. The molecule has 4 aliphatic rings. The van der Waals surface area contributed by atoms with Crippen LogP contribution in [-0.2, 0) is 23.8 Å². The Balaban J connectivity index is 1.53. The summed E-state index contributed by atoms with van der Waals surface area (Å²) in [6.07, 6.45) is 5.06. The van der Waals surface area contributed by atoms with Gasteiger partial charge in [0.1, 0.15) is 34.0 Å². The van der Waals surface area contributed by atoms with Gasteiger partial charge in [-0.2, -0.15) is 0 Å². The third-order valence-electron chi connectivity index (χ3n) is 12.5. The van der Waals surface area contributed by atoms with Crippen molar-refractivity contribution in [3.05, 3.63) is 58.5 Å². The van der Waals surface area contributed by atoms with Crippen molar-refractivity contribution >= 4 is 34.1 Å². The number of ketones is 1. The van der Waals surface area contributed by atoms with E-state index in [2.05, 4.69) is 29.1 Å². The first-order valence-electron chi connectivity index (χ1n) is 20.8. The first-order valence-corrected chi connectivity index (χ1v) is 20.8. The molecule has 2 aromatic rings. The highest BCUT2D eigenvalue weighted by Gasteiger charge is 2.50. The predicted octanol–water partition coefficient (Wildman–Crippen LogP) is 4.44. The number of aliphatic hydroxyl groups excluding tert-OH is 2. The molecule has 1 amide bonds. The molecule has 1 spiro atoms. The van der Waals surface area contributed by atoms with E-state index in [0.717, 1.165) is 19.6 Å². The lowest BCUT2D eigenvalue weighted by molar-refractivity contribution is -0.160. The van der Waals surface area contributed by atoms with Crippen molar-refractivity contribution in [3.63, 3.8) is 0 Å². The molecule has 0 aliphatic carbocycles. The lowest BCUT2D eigenvalue weighted by Gasteiger charge is -2.38. The molecule has 0 unspecified atom stereocenters. The number of likely N-dealkylation sites (tertiary alicyclic amines) is 1. The van der Waals surface area contributed by atoms with Crippen LogP contribution in [0.25, 0.3) is 10.8 Å². The molecule has 4 aliphatic heterocycles. The number of aromatic hydroxyl groups is 2. The van der Waals surface area contributed by atoms with Crippen LogP contribution in [0.5, 0.6) is 17.2 Å². The number of hydrogen-bond acceptors (Lipinski definition) is 14. The molecule has 0 radical (unpaired) electrons. The van der Waals surface area contributed by atoms with Crippen molar-refractivity contribution in [2.45, 2.75) is 111 Å². The van der Waals surface area contributed by atoms with E-state index in [1.807, 2.05) is 0 Å². The fraction of sp³-hybridized carbons (Fsp3) is 0.578. The van der Waals surface area contributed by atoms with E-state index in [4.69, 9.17) is 23.9 Å². The second-order valence-corrected chi connectivity index (χ2v) is 17.6. The number of methoxy groups -OCH3 is 1. The second kappa shape index (κ2) is 17.3. The molecule has 60 heavy (non-hydrogen) atoms. The van der Waals surface area contributed by atoms with Gasteiger partial charge in [-0.05, 0) is 18.9 Å². The van der Waals surface area contributed by atoms with Crippen LogP contribution < -0.4 is 20.8 Å². The highest BCUT2D eigenvalue weighted by molar-refractivity contribution is 6.21. The summed E-state index contributed by atoms with van der Waals surface area (Å²) in [6.45, 7) is 18.0. The largest absolute Gasteiger partial charge is 0.507 e. The van der Waals surface area contributed by atoms with Gasteiger partial charge in [0.2, 0.25) is 0 Å². The molecule has 1 saturated heterocycles. The molecule has 6 rings (SSSR count). The van der Waals surface area contributed by atoms with Crippen LogP contribution in [0.3, 0.4) is 0 Å². The number of hydrogen-bond donors (Lipinski definition) is 5. The SMILES string of the molecule is CO[C@H]1/C=C/O[C@@]2(C)Oc3cc(O)c4c(O)c(c5c(c4c3C2=O)NC2(CCN(CC(C)C)CC2)N=5)=NC(=O)/C(C)=C\C=C\[C@H](C)[C@H](O)[C@@H](C)[C@@H](O)[C@@H](C)[C@H](OC(C)=O)[C@@H]1C. The smallest absolute Gasteiger partial charge is 0.312 e. The fourth-order valence-corrected chi connectivity index (χ4v) is 9.03. The average Bonchev–Trinajstić information content (AvgIpc) is 3.68. The Morgan fingerprint density at radius 2 is 1.70 bits per heavy atom. The van der Waals surface area contributed by atoms with Crippen LogP contribution in [0.4, 0.5) is 5.69 Å². The highest BCUT2D eigenvalue weighted by Crippen LogP contribution is 2.49. The van der Waals surface area contributed by atoms with Crippen molar-refractivity contribution in [1.29, 1.82) is 0 Å². The number of phenolic OH excluding ortho intramolecular Hbond substituents is 2. The van der Waals surface area contributed by atoms with E-state index < -0.39 is 88.7 Å². The minimum atomic E-state index is -1.94. The molecule has 4 bridgehead atoms. The number of nitrogens with one attached hydrogen (secondary N) is 1. The van der Waals surface area contributed by atoms with Gasteiger partial charge in [0.25, 0.3) is 11.7 Å². The van der Waals surface area contributed by atoms with Gasteiger partial charge in [0.05, 0.1) is 41.2 Å². The Bertz CT molecular complexity index is 2240. The molecule has 2 aromatic carbocycles. The van der Waals surface area contributed by atoms with Gasteiger partial charge in [0, 0.05) is 94.1 Å². The van der Waals surface area contributed by atoms with Crippen molar-refractivity contribution in [2.75, 3.05) is 32.1 Å². The van der Waals surface area contributed by atoms with E-state index in [1.54, 1.807) is 52.8 Å². The zero-order valence-electron chi connectivity index (χ0n) is 36.2. The number of amides is 1. The summed E-state index contributed by atoms with van der Waals surface area (Å²) in [5.74, 6) is -6.66. The van der Waals surface area contributed by atoms with Gasteiger partial charge in [-0.25, -0.2) is 4.99 Å². The third-order valence-corrected chi connectivity index (χ3v) is 12.5. The van der Waals surface area contributed by atoms with Gasteiger partial charge in [-0.15, -0.1) is 0 Å². The summed E-state index contributed by atoms with van der Waals surface area (Å²) in [5.41, 5.74) is -0.284. The number of piperidine rings is 1. The molecule has 1 fully saturated rings. The number of anilines is 1. The van der Waals surface area contributed by atoms with Crippen LogP contribution in [0.2, 0.25) is 0 Å². The predicted molar refractivity (Wildman–Crippen MR) is 223 cm³/mol. The maximum atomic E-state index is 14.6. The van der Waals surface area contributed by atoms with E-state index >= 15 is 0 Å². The van der Waals surface area contributed by atoms with Gasteiger partial charge in [-0.1, -0.05) is 59.8 Å². The molecule has 5 N–H and O–H groups in total. The Hall–Kier alpha value is -4.83. The van der Waals surface area contributed by atoms with Gasteiger partial charge < -0.3 is 49.6 Å². The topological polar surface area (TPSA) is 209 Å². The number of Topliss-reactive ketones (excluding diaryl/α,β-unsaturated/α-hetero) is 1. The maximum absolute atomic E-state index is 14.6. The van der Waals surface area contributed by atoms with Crippen LogP contribution in [0.15, 0.2) is 52.2 Å². The number of allylic oxidation sites excluding steroid dienone is 2. The number of carbonyl (C=O) groups is 3. The minimum absolute atomic E-state index is 0.00813. The van der Waals surface area contributed by atoms with Crippen molar-refractivity contribution < 1.29 is 53.8 Å². The van der Waals surface area contributed by atoms with E-state index in [-0.39, 0.29) is 38.4 Å². The summed E-state index contributed by atoms with van der Waals surface area (Å²) in [7, 11) is 1.46. The second-order valence-electron chi connectivity index (χ2n) is 17.6. The molecule has 15 nitrogen and oxygen atoms in total. The molecular weight excluding hydrogens is 773 g/mol. The quantitative estimate of drug-likeness (QED) is 0.214. The average molecular weight is 833 g/mol. The molecule has 0 aromatic heterocycles. The van der Waals surface area contributed by atoms with Crippen LogP contribution in [0, 0.1) is 29.6 Å². The van der Waals surface area contributed by atoms with Gasteiger partial charge in [0.15, 0.2) is 5.75 Å². The van der Waals surface area contributed by atoms with Crippen molar-refractivity contribution in [3.8, 4) is 17.2 Å². The van der Waals surface area contributed by atoms with Crippen LogP contribution in [0.1, 0.15) is 85.5 Å². The summed E-state index contributed by atoms with van der Waals surface area (Å²) in [4.78, 5) is 52.6. The lowest BCUT2D eigenvalue weighted by Crippen LogP contribution is -2.47. The molecule has 15 heteroatoms. The number of aliphatic hydroxyl groups is 2. The van der Waals surface area contributed by atoms with E-state index in [9.17, 15) is 34.8 Å². The van der Waals surface area contributed by atoms with Crippen molar-refractivity contribution in [2.24, 2.45) is 39.6 Å². The zero-order valence-corrected chi connectivity index (χ0v) is 36.2. The first kappa shape index (κ1) is 44.7. The number of phenols is 2. The van der Waals surface area contributed by atoms with Crippen LogP contribution >= 0.6 is 0 Å². The zero-order chi connectivity index (χ0) is 44.0. The molecule has 4 heterocycles. The standard InChI is InChI=1S/C45H60N4O11/c1-22(2)21-49-17-15-45(16-18-49)47-35-34-32-29(51)20-31-33(34)42(55)44(9,60-31)58-19-14-30(57-10)25(5)41(59-28(8)50)27(7)39(53)26(6)38(52)23(3)12-11-13-24(4)43(56)46-37(40(32)54)36(35)48-45/h11-14,19-20,22-23,25-27,30,38-39,41,47,51-54H,15-18,21H2,1-10H3/b12-11+,19-14+,24-13-,46-37?/t23-,25+,26+,27+,30-,38-,39+,41+,44-/m0/s1. The summed E-state index contributed by atoms with van der Waals surface area (Å²) in [5, 5.41) is 50.0. The molecule has 0 saturated carbocycles. The Morgan fingerprint density at radius 3 is 2.33 bits per heavy atom. The number of nitrogens with zero attached hydrogens (tertiary/aromatic N) is 3. The Labute approximate surface area is 350 Å². The van der Waals surface area contributed by atoms with E-state index in [1.165, 1.54) is 39.4 Å².